The number of aromatic amines is 1. The predicted molar refractivity (Wildman–Crippen MR) is 116 cm³/mol. The van der Waals surface area contributed by atoms with Gasteiger partial charge in [0.1, 0.15) is 11.2 Å². The fourth-order valence-electron chi connectivity index (χ4n) is 4.30. The van der Waals surface area contributed by atoms with Crippen LogP contribution in [-0.2, 0) is 16.1 Å². The molecule has 2 aliphatic heterocycles. The Kier molecular flexibility index (Phi) is 7.78. The first-order chi connectivity index (χ1) is 16.0. The van der Waals surface area contributed by atoms with E-state index in [2.05, 4.69) is 9.97 Å². The van der Waals surface area contributed by atoms with Crippen molar-refractivity contribution in [1.82, 2.24) is 24.7 Å². The zero-order chi connectivity index (χ0) is 23.8. The highest BCUT2D eigenvalue weighted by atomic mass is 16.3. The summed E-state index contributed by atoms with van der Waals surface area (Å²) in [6.45, 7) is 0.925. The summed E-state index contributed by atoms with van der Waals surface area (Å²) >= 11 is 0. The first-order valence-corrected chi connectivity index (χ1v) is 10.6. The number of rotatable bonds is 6. The van der Waals surface area contributed by atoms with Gasteiger partial charge in [0, 0.05) is 32.8 Å². The minimum Gasteiger partial charge on any atom is -0.483 e. The highest BCUT2D eigenvalue weighted by Crippen LogP contribution is 2.38. The molecule has 11 heteroatoms. The Morgan fingerprint density at radius 2 is 1.85 bits per heavy atom. The van der Waals surface area contributed by atoms with Gasteiger partial charge in [-0.3, -0.25) is 19.3 Å². The molecular formula is C22H27N5O6. The van der Waals surface area contributed by atoms with Crippen molar-refractivity contribution >= 4 is 24.3 Å². The number of aliphatic hydroxyl groups excluding tert-OH is 1. The molecule has 11 nitrogen and oxygen atoms in total. The van der Waals surface area contributed by atoms with E-state index in [9.17, 15) is 19.5 Å². The molecule has 2 saturated heterocycles. The maximum absolute atomic E-state index is 13.4. The number of hydrogen-bond donors (Lipinski definition) is 3. The van der Waals surface area contributed by atoms with E-state index >= 15 is 0 Å². The Morgan fingerprint density at radius 1 is 1.18 bits per heavy atom. The third-order valence-electron chi connectivity index (χ3n) is 5.95. The van der Waals surface area contributed by atoms with Crippen LogP contribution in [0, 0.1) is 0 Å². The molecule has 0 saturated carbocycles. The average molecular weight is 457 g/mol. The number of urea groups is 1. The normalized spacial score (nSPS) is 17.2. The lowest BCUT2D eigenvalue weighted by atomic mass is 9.85. The number of H-pyrrole nitrogens is 1. The van der Waals surface area contributed by atoms with Crippen molar-refractivity contribution in [3.8, 4) is 0 Å². The summed E-state index contributed by atoms with van der Waals surface area (Å²) in [5.41, 5.74) is 0.385. The second-order valence-electron chi connectivity index (χ2n) is 7.78. The van der Waals surface area contributed by atoms with Crippen molar-refractivity contribution in [3.63, 3.8) is 0 Å². The van der Waals surface area contributed by atoms with Crippen molar-refractivity contribution in [1.29, 1.82) is 0 Å². The van der Waals surface area contributed by atoms with E-state index in [1.807, 2.05) is 30.3 Å². The Morgan fingerprint density at radius 3 is 2.42 bits per heavy atom. The third-order valence-corrected chi connectivity index (χ3v) is 5.95. The van der Waals surface area contributed by atoms with Crippen molar-refractivity contribution in [2.45, 2.75) is 31.3 Å². The van der Waals surface area contributed by atoms with Crippen molar-refractivity contribution in [2.75, 3.05) is 26.2 Å². The van der Waals surface area contributed by atoms with Gasteiger partial charge in [-0.2, -0.15) is 0 Å². The molecule has 4 rings (SSSR count). The van der Waals surface area contributed by atoms with E-state index in [0.717, 1.165) is 5.56 Å². The largest absolute Gasteiger partial charge is 0.483 e. The summed E-state index contributed by atoms with van der Waals surface area (Å²) in [5, 5.41) is 16.1. The van der Waals surface area contributed by atoms with Gasteiger partial charge in [0.05, 0.1) is 12.5 Å². The second kappa shape index (κ2) is 10.7. The van der Waals surface area contributed by atoms with E-state index in [4.69, 9.17) is 9.90 Å². The topological polar surface area (TPSA) is 147 Å². The summed E-state index contributed by atoms with van der Waals surface area (Å²) in [7, 11) is 0. The van der Waals surface area contributed by atoms with E-state index < -0.39 is 5.54 Å². The molecule has 2 aliphatic rings. The lowest BCUT2D eigenvalue weighted by molar-refractivity contribution is -0.135. The van der Waals surface area contributed by atoms with E-state index in [1.165, 1.54) is 17.4 Å². The first-order valence-electron chi connectivity index (χ1n) is 10.6. The molecule has 2 fully saturated rings. The SMILES string of the molecule is O=C(c1cnc[nH]1)N1CCC2(CC1)C(=O)N(CCCO)C(=O)N2Cc1ccccc1.O=CO. The monoisotopic (exact) mass is 457 g/mol. The van der Waals surface area contributed by atoms with Crippen LogP contribution in [0.15, 0.2) is 42.9 Å². The average Bonchev–Trinajstić information content (AvgIpc) is 3.43. The quantitative estimate of drug-likeness (QED) is 0.432. The molecule has 0 unspecified atom stereocenters. The Labute approximate surface area is 190 Å². The van der Waals surface area contributed by atoms with Gasteiger partial charge in [0.25, 0.3) is 18.3 Å². The van der Waals surface area contributed by atoms with Crippen LogP contribution in [0.3, 0.4) is 0 Å². The van der Waals surface area contributed by atoms with Crippen LogP contribution in [0.25, 0.3) is 0 Å². The van der Waals surface area contributed by atoms with Crippen LogP contribution in [0.2, 0.25) is 0 Å². The minimum atomic E-state index is -0.965. The van der Waals surface area contributed by atoms with E-state index in [1.54, 1.807) is 9.80 Å². The highest BCUT2D eigenvalue weighted by molar-refractivity contribution is 6.07. The maximum atomic E-state index is 13.4. The first kappa shape index (κ1) is 23.9. The van der Waals surface area contributed by atoms with Crippen LogP contribution in [-0.4, -0.2) is 91.0 Å². The van der Waals surface area contributed by atoms with Gasteiger partial charge >= 0.3 is 6.03 Å². The minimum absolute atomic E-state index is 0.0881. The Bertz CT molecular complexity index is 957. The van der Waals surface area contributed by atoms with Crippen molar-refractivity contribution < 1.29 is 29.4 Å². The van der Waals surface area contributed by atoms with Crippen LogP contribution < -0.4 is 0 Å². The van der Waals surface area contributed by atoms with Crippen LogP contribution >= 0.6 is 0 Å². The molecule has 33 heavy (non-hydrogen) atoms. The number of nitrogens with zero attached hydrogens (tertiary/aromatic N) is 4. The number of aliphatic hydroxyl groups is 1. The van der Waals surface area contributed by atoms with Crippen LogP contribution in [0.4, 0.5) is 4.79 Å². The highest BCUT2D eigenvalue weighted by Gasteiger charge is 2.57. The molecule has 1 aromatic carbocycles. The zero-order valence-corrected chi connectivity index (χ0v) is 18.1. The summed E-state index contributed by atoms with van der Waals surface area (Å²) in [6, 6.07) is 9.24. The summed E-state index contributed by atoms with van der Waals surface area (Å²) in [6.07, 6.45) is 4.03. The van der Waals surface area contributed by atoms with Crippen molar-refractivity contribution in [3.05, 3.63) is 54.1 Å². The third kappa shape index (κ3) is 4.87. The summed E-state index contributed by atoms with van der Waals surface area (Å²) in [4.78, 5) is 58.8. The van der Waals surface area contributed by atoms with Gasteiger partial charge in [0.15, 0.2) is 0 Å². The Balaban J connectivity index is 0.000000968. The van der Waals surface area contributed by atoms with E-state index in [-0.39, 0.29) is 37.5 Å². The number of carbonyl (C=O) groups is 4. The number of benzene rings is 1. The predicted octanol–water partition coefficient (Wildman–Crippen LogP) is 0.932. The number of carbonyl (C=O) groups excluding carboxylic acids is 3. The zero-order valence-electron chi connectivity index (χ0n) is 18.1. The molecule has 0 atom stereocenters. The van der Waals surface area contributed by atoms with Crippen molar-refractivity contribution in [2.24, 2.45) is 0 Å². The smallest absolute Gasteiger partial charge is 0.327 e. The van der Waals surface area contributed by atoms with Gasteiger partial charge in [-0.15, -0.1) is 0 Å². The molecule has 3 N–H and O–H groups in total. The lowest BCUT2D eigenvalue weighted by Crippen LogP contribution is -2.57. The summed E-state index contributed by atoms with van der Waals surface area (Å²) in [5.74, 6) is -0.392. The number of piperidine rings is 1. The van der Waals surface area contributed by atoms with Gasteiger partial charge in [-0.1, -0.05) is 30.3 Å². The number of imidazole rings is 1. The molecule has 2 aromatic rings. The molecule has 1 aromatic heterocycles. The standard InChI is InChI=1S/C21H25N5O4.CH2O2/c27-12-4-9-25-19(29)21(26(20(25)30)14-16-5-2-1-3-6-16)7-10-24(11-8-21)18(28)17-13-22-15-23-17;2-1-3/h1-3,5-6,13,15,27H,4,7-12,14H2,(H,22,23);1H,(H,2,3). The van der Waals surface area contributed by atoms with Gasteiger partial charge in [-0.25, -0.2) is 9.78 Å². The van der Waals surface area contributed by atoms with Gasteiger partial charge in [-0.05, 0) is 24.8 Å². The Hall–Kier alpha value is -3.73. The van der Waals surface area contributed by atoms with Crippen LogP contribution in [0.1, 0.15) is 35.3 Å². The molecule has 0 bridgehead atoms. The molecule has 3 heterocycles. The molecular weight excluding hydrogens is 430 g/mol. The molecule has 176 valence electrons. The van der Waals surface area contributed by atoms with E-state index in [0.29, 0.717) is 44.6 Å². The fourth-order valence-corrected chi connectivity index (χ4v) is 4.30. The second-order valence-corrected chi connectivity index (χ2v) is 7.78. The maximum Gasteiger partial charge on any atom is 0.327 e. The fraction of sp³-hybridized carbons (Fsp3) is 0.409. The number of likely N-dealkylation sites (tertiary alicyclic amines) is 1. The molecule has 4 amide bonds. The number of amides is 4. The van der Waals surface area contributed by atoms with Gasteiger partial charge < -0.3 is 25.0 Å². The molecule has 0 aliphatic carbocycles. The molecule has 1 spiro atoms. The number of nitrogens with one attached hydrogen (secondary N) is 1. The number of carboxylic acid groups (broad SMARTS) is 1. The number of imide groups is 1. The van der Waals surface area contributed by atoms with Crippen LogP contribution in [0.5, 0.6) is 0 Å². The summed E-state index contributed by atoms with van der Waals surface area (Å²) < 4.78 is 0. The lowest BCUT2D eigenvalue weighted by Gasteiger charge is -2.42. The number of hydrogen-bond acceptors (Lipinski definition) is 6. The molecule has 0 radical (unpaired) electrons. The number of aromatic nitrogens is 2. The van der Waals surface area contributed by atoms with Gasteiger partial charge in [0.2, 0.25) is 0 Å².